The lowest BCUT2D eigenvalue weighted by atomic mass is 10.2. The van der Waals surface area contributed by atoms with Crippen LogP contribution in [0.5, 0.6) is 0 Å². The van der Waals surface area contributed by atoms with Gasteiger partial charge in [0.25, 0.3) is 0 Å². The number of aryl methyl sites for hydroxylation is 1. The molecule has 0 saturated heterocycles. The largest absolute Gasteiger partial charge is 0.468 e. The zero-order valence-electron chi connectivity index (χ0n) is 8.74. The van der Waals surface area contributed by atoms with E-state index in [1.807, 2.05) is 31.2 Å². The van der Waals surface area contributed by atoms with Crippen LogP contribution in [0.15, 0.2) is 49.2 Å². The summed E-state index contributed by atoms with van der Waals surface area (Å²) < 4.78 is 6.17. The molecular weight excluding hydrogens is 288 g/mol. The predicted molar refractivity (Wildman–Crippen MR) is 67.6 cm³/mol. The van der Waals surface area contributed by atoms with E-state index in [-0.39, 0.29) is 6.61 Å². The molecule has 0 fully saturated rings. The molecule has 0 atom stereocenters. The quantitative estimate of drug-likeness (QED) is 0.930. The zero-order chi connectivity index (χ0) is 11.5. The standard InChI is InChI=1S/C12H11BrO2S/c1-8-12(4-5-15-8)16-10-3-2-9(7-14)11(13)6-10/h2-6,14H,7H2,1H3. The van der Waals surface area contributed by atoms with Crippen molar-refractivity contribution in [3.05, 3.63) is 46.3 Å². The molecule has 1 N–H and O–H groups in total. The second-order valence-electron chi connectivity index (χ2n) is 3.35. The van der Waals surface area contributed by atoms with Gasteiger partial charge in [-0.05, 0) is 30.7 Å². The van der Waals surface area contributed by atoms with Gasteiger partial charge < -0.3 is 9.52 Å². The summed E-state index contributed by atoms with van der Waals surface area (Å²) in [5.41, 5.74) is 0.897. The smallest absolute Gasteiger partial charge is 0.114 e. The van der Waals surface area contributed by atoms with E-state index in [0.29, 0.717) is 0 Å². The zero-order valence-corrected chi connectivity index (χ0v) is 11.1. The molecule has 0 aliphatic rings. The molecule has 2 nitrogen and oxygen atoms in total. The van der Waals surface area contributed by atoms with Crippen molar-refractivity contribution >= 4 is 27.7 Å². The molecule has 0 spiro atoms. The topological polar surface area (TPSA) is 33.4 Å². The van der Waals surface area contributed by atoms with Crippen LogP contribution in [0.3, 0.4) is 0 Å². The van der Waals surface area contributed by atoms with Crippen LogP contribution in [0.1, 0.15) is 11.3 Å². The average molecular weight is 299 g/mol. The molecule has 2 aromatic rings. The van der Waals surface area contributed by atoms with E-state index in [2.05, 4.69) is 15.9 Å². The van der Waals surface area contributed by atoms with Crippen LogP contribution < -0.4 is 0 Å². The fourth-order valence-electron chi connectivity index (χ4n) is 1.33. The van der Waals surface area contributed by atoms with Crippen LogP contribution in [0.2, 0.25) is 0 Å². The number of rotatable bonds is 3. The summed E-state index contributed by atoms with van der Waals surface area (Å²) in [6, 6.07) is 7.87. The minimum absolute atomic E-state index is 0.0519. The fraction of sp³-hybridized carbons (Fsp3) is 0.167. The molecule has 0 unspecified atom stereocenters. The lowest BCUT2D eigenvalue weighted by Gasteiger charge is -2.04. The van der Waals surface area contributed by atoms with Crippen molar-refractivity contribution in [1.29, 1.82) is 0 Å². The first kappa shape index (κ1) is 11.8. The molecule has 1 heterocycles. The third-order valence-electron chi connectivity index (χ3n) is 2.23. The van der Waals surface area contributed by atoms with Gasteiger partial charge in [0.2, 0.25) is 0 Å². The van der Waals surface area contributed by atoms with Gasteiger partial charge in [-0.1, -0.05) is 33.8 Å². The van der Waals surface area contributed by atoms with Gasteiger partial charge in [-0.15, -0.1) is 0 Å². The van der Waals surface area contributed by atoms with Gasteiger partial charge in [-0.3, -0.25) is 0 Å². The van der Waals surface area contributed by atoms with Crippen molar-refractivity contribution in [3.63, 3.8) is 0 Å². The molecule has 2 rings (SSSR count). The van der Waals surface area contributed by atoms with E-state index < -0.39 is 0 Å². The van der Waals surface area contributed by atoms with Crippen molar-refractivity contribution in [2.45, 2.75) is 23.3 Å². The maximum Gasteiger partial charge on any atom is 0.114 e. The van der Waals surface area contributed by atoms with Crippen LogP contribution in [0.4, 0.5) is 0 Å². The Morgan fingerprint density at radius 3 is 2.75 bits per heavy atom. The first-order valence-corrected chi connectivity index (χ1v) is 6.43. The Hall–Kier alpha value is -0.710. The van der Waals surface area contributed by atoms with Gasteiger partial charge in [0.05, 0.1) is 17.8 Å². The van der Waals surface area contributed by atoms with Gasteiger partial charge in [0.1, 0.15) is 5.76 Å². The van der Waals surface area contributed by atoms with Crippen molar-refractivity contribution in [2.24, 2.45) is 0 Å². The van der Waals surface area contributed by atoms with Gasteiger partial charge >= 0.3 is 0 Å². The highest BCUT2D eigenvalue weighted by atomic mass is 79.9. The molecule has 16 heavy (non-hydrogen) atoms. The number of aliphatic hydroxyl groups is 1. The summed E-state index contributed by atoms with van der Waals surface area (Å²) in [5.74, 6) is 0.923. The first-order valence-electron chi connectivity index (χ1n) is 4.82. The second kappa shape index (κ2) is 5.08. The highest BCUT2D eigenvalue weighted by Crippen LogP contribution is 2.33. The van der Waals surface area contributed by atoms with E-state index >= 15 is 0 Å². The third kappa shape index (κ3) is 2.51. The molecule has 1 aromatic carbocycles. The first-order chi connectivity index (χ1) is 7.70. The third-order valence-corrected chi connectivity index (χ3v) is 4.11. The average Bonchev–Trinajstić information content (AvgIpc) is 2.65. The van der Waals surface area contributed by atoms with Crippen LogP contribution in [-0.2, 0) is 6.61 Å². The lowest BCUT2D eigenvalue weighted by Crippen LogP contribution is -1.85. The Morgan fingerprint density at radius 1 is 1.38 bits per heavy atom. The summed E-state index contributed by atoms with van der Waals surface area (Å²) in [6.07, 6.45) is 1.69. The fourth-order valence-corrected chi connectivity index (χ4v) is 2.86. The maximum absolute atomic E-state index is 9.06. The van der Waals surface area contributed by atoms with E-state index in [1.165, 1.54) is 0 Å². The Labute approximate surface area is 107 Å². The number of hydrogen-bond donors (Lipinski definition) is 1. The van der Waals surface area contributed by atoms with Crippen LogP contribution in [0, 0.1) is 6.92 Å². The predicted octanol–water partition coefficient (Wildman–Crippen LogP) is 3.99. The van der Waals surface area contributed by atoms with Gasteiger partial charge in [0, 0.05) is 9.37 Å². The number of furan rings is 1. The SMILES string of the molecule is Cc1occc1Sc1ccc(CO)c(Br)c1. The number of halogens is 1. The Bertz CT molecular complexity index is 494. The van der Waals surface area contributed by atoms with Gasteiger partial charge in [-0.2, -0.15) is 0 Å². The highest BCUT2D eigenvalue weighted by Gasteiger charge is 2.05. The molecule has 4 heteroatoms. The van der Waals surface area contributed by atoms with Crippen molar-refractivity contribution in [2.75, 3.05) is 0 Å². The molecular formula is C12H11BrO2S. The normalized spacial score (nSPS) is 10.7. The molecule has 0 amide bonds. The highest BCUT2D eigenvalue weighted by molar-refractivity contribution is 9.10. The van der Waals surface area contributed by atoms with Gasteiger partial charge in [0.15, 0.2) is 0 Å². The maximum atomic E-state index is 9.06. The minimum Gasteiger partial charge on any atom is -0.468 e. The van der Waals surface area contributed by atoms with Crippen LogP contribution in [-0.4, -0.2) is 5.11 Å². The summed E-state index contributed by atoms with van der Waals surface area (Å²) in [7, 11) is 0. The molecule has 84 valence electrons. The summed E-state index contributed by atoms with van der Waals surface area (Å²) >= 11 is 5.08. The summed E-state index contributed by atoms with van der Waals surface area (Å²) in [5, 5.41) is 9.06. The molecule has 0 bridgehead atoms. The van der Waals surface area contributed by atoms with Gasteiger partial charge in [-0.25, -0.2) is 0 Å². The Morgan fingerprint density at radius 2 is 2.19 bits per heavy atom. The Kier molecular flexibility index (Phi) is 3.74. The van der Waals surface area contributed by atoms with Crippen LogP contribution in [0.25, 0.3) is 0 Å². The minimum atomic E-state index is 0.0519. The van der Waals surface area contributed by atoms with E-state index in [1.54, 1.807) is 18.0 Å². The number of hydrogen-bond acceptors (Lipinski definition) is 3. The van der Waals surface area contributed by atoms with E-state index in [0.717, 1.165) is 25.6 Å². The van der Waals surface area contributed by atoms with Crippen molar-refractivity contribution in [3.8, 4) is 0 Å². The monoisotopic (exact) mass is 298 g/mol. The summed E-state index contributed by atoms with van der Waals surface area (Å²) in [6.45, 7) is 2.00. The lowest BCUT2D eigenvalue weighted by molar-refractivity contribution is 0.281. The van der Waals surface area contributed by atoms with E-state index in [4.69, 9.17) is 9.52 Å². The number of benzene rings is 1. The van der Waals surface area contributed by atoms with Crippen molar-refractivity contribution < 1.29 is 9.52 Å². The van der Waals surface area contributed by atoms with Crippen molar-refractivity contribution in [1.82, 2.24) is 0 Å². The molecule has 1 aromatic heterocycles. The molecule has 0 radical (unpaired) electrons. The molecule has 0 aliphatic heterocycles. The van der Waals surface area contributed by atoms with E-state index in [9.17, 15) is 0 Å². The second-order valence-corrected chi connectivity index (χ2v) is 5.32. The Balaban J connectivity index is 2.23. The van der Waals surface area contributed by atoms with Crippen LogP contribution >= 0.6 is 27.7 Å². The molecule has 0 saturated carbocycles. The number of aliphatic hydroxyl groups excluding tert-OH is 1. The summed E-state index contributed by atoms with van der Waals surface area (Å²) in [4.78, 5) is 2.23. The molecule has 0 aliphatic carbocycles.